The standard InChI is InChI=1S/C32H52N2O2/c1-33(2,3)25-11-7-9-13-27-35-31-21-17-29(18-22-31)15-16-30-19-23-32(24-20-30)36-28-14-10-8-12-26-34(4,5)6/h15-24H,7-14,25-28H2,1-6H3/q+2/b16-15+. The molecule has 4 nitrogen and oxygen atoms in total. The average Bonchev–Trinajstić information content (AvgIpc) is 2.81. The highest BCUT2D eigenvalue weighted by Gasteiger charge is 2.06. The third kappa shape index (κ3) is 15.0. The van der Waals surface area contributed by atoms with Crippen molar-refractivity contribution in [1.29, 1.82) is 0 Å². The van der Waals surface area contributed by atoms with E-state index in [-0.39, 0.29) is 0 Å². The summed E-state index contributed by atoms with van der Waals surface area (Å²) in [5, 5.41) is 0. The van der Waals surface area contributed by atoms with Crippen molar-refractivity contribution in [3.8, 4) is 11.5 Å². The molecule has 0 aliphatic carbocycles. The lowest BCUT2D eigenvalue weighted by Gasteiger charge is -2.23. The molecule has 0 fully saturated rings. The summed E-state index contributed by atoms with van der Waals surface area (Å²) in [5.41, 5.74) is 2.35. The van der Waals surface area contributed by atoms with Crippen molar-refractivity contribution in [3.63, 3.8) is 0 Å². The average molecular weight is 497 g/mol. The zero-order valence-electron chi connectivity index (χ0n) is 24.0. The summed E-state index contributed by atoms with van der Waals surface area (Å²) in [7, 11) is 13.5. The van der Waals surface area contributed by atoms with Gasteiger partial charge < -0.3 is 18.4 Å². The molecule has 4 heteroatoms. The maximum Gasteiger partial charge on any atom is 0.119 e. The van der Waals surface area contributed by atoms with Crippen LogP contribution in [-0.4, -0.2) is 77.6 Å². The van der Waals surface area contributed by atoms with E-state index in [1.54, 1.807) is 0 Å². The van der Waals surface area contributed by atoms with Gasteiger partial charge in [-0.05, 0) is 86.8 Å². The minimum atomic E-state index is 0.796. The summed E-state index contributed by atoms with van der Waals surface area (Å²) in [4.78, 5) is 0. The van der Waals surface area contributed by atoms with Crippen molar-refractivity contribution in [1.82, 2.24) is 0 Å². The molecule has 0 heterocycles. The molecule has 0 atom stereocenters. The lowest BCUT2D eigenvalue weighted by Crippen LogP contribution is -2.35. The zero-order chi connectivity index (χ0) is 26.3. The van der Waals surface area contributed by atoms with Crippen molar-refractivity contribution < 1.29 is 18.4 Å². The predicted octanol–water partition coefficient (Wildman–Crippen LogP) is 7.15. The van der Waals surface area contributed by atoms with Gasteiger partial charge in [0.1, 0.15) is 11.5 Å². The highest BCUT2D eigenvalue weighted by Crippen LogP contribution is 2.18. The first kappa shape index (κ1) is 29.9. The normalized spacial score (nSPS) is 12.3. The molecule has 0 aliphatic heterocycles. The van der Waals surface area contributed by atoms with Gasteiger partial charge in [0.25, 0.3) is 0 Å². The summed E-state index contributed by atoms with van der Waals surface area (Å²) in [6.45, 7) is 4.08. The van der Waals surface area contributed by atoms with E-state index in [1.807, 2.05) is 0 Å². The molecule has 0 aromatic heterocycles. The van der Waals surface area contributed by atoms with Crippen molar-refractivity contribution in [2.45, 2.75) is 51.4 Å². The number of hydrogen-bond donors (Lipinski definition) is 0. The van der Waals surface area contributed by atoms with Gasteiger partial charge in [-0.15, -0.1) is 0 Å². The Morgan fingerprint density at radius 3 is 1.14 bits per heavy atom. The van der Waals surface area contributed by atoms with E-state index >= 15 is 0 Å². The fraction of sp³-hybridized carbons (Fsp3) is 0.562. The Kier molecular flexibility index (Phi) is 13.1. The molecule has 0 amide bonds. The van der Waals surface area contributed by atoms with Crippen molar-refractivity contribution in [3.05, 3.63) is 59.7 Å². The topological polar surface area (TPSA) is 18.5 Å². The van der Waals surface area contributed by atoms with Crippen LogP contribution in [0.3, 0.4) is 0 Å². The summed E-state index contributed by atoms with van der Waals surface area (Å²) in [5.74, 6) is 1.90. The Hall–Kier alpha value is -2.30. The molecule has 0 spiro atoms. The Labute approximate surface area is 221 Å². The van der Waals surface area contributed by atoms with Gasteiger partial charge in [-0.3, -0.25) is 0 Å². The first-order valence-electron chi connectivity index (χ1n) is 13.9. The first-order chi connectivity index (χ1) is 17.1. The minimum Gasteiger partial charge on any atom is -0.494 e. The maximum absolute atomic E-state index is 5.91. The van der Waals surface area contributed by atoms with Crippen molar-refractivity contribution in [2.75, 3.05) is 68.6 Å². The monoisotopic (exact) mass is 496 g/mol. The maximum atomic E-state index is 5.91. The molecule has 36 heavy (non-hydrogen) atoms. The van der Waals surface area contributed by atoms with E-state index < -0.39 is 0 Å². The molecule has 0 saturated heterocycles. The van der Waals surface area contributed by atoms with Crippen LogP contribution in [0.25, 0.3) is 12.2 Å². The van der Waals surface area contributed by atoms with Gasteiger partial charge in [-0.2, -0.15) is 0 Å². The van der Waals surface area contributed by atoms with Crippen LogP contribution in [0.1, 0.15) is 62.5 Å². The van der Waals surface area contributed by atoms with Gasteiger partial charge >= 0.3 is 0 Å². The Morgan fingerprint density at radius 2 is 0.806 bits per heavy atom. The van der Waals surface area contributed by atoms with Crippen LogP contribution in [0, 0.1) is 0 Å². The van der Waals surface area contributed by atoms with E-state index in [2.05, 4.69) is 103 Å². The van der Waals surface area contributed by atoms with E-state index in [4.69, 9.17) is 9.47 Å². The van der Waals surface area contributed by atoms with Crippen molar-refractivity contribution >= 4 is 12.2 Å². The molecule has 0 saturated carbocycles. The van der Waals surface area contributed by atoms with E-state index in [0.717, 1.165) is 46.5 Å². The molecule has 0 unspecified atom stereocenters. The number of hydrogen-bond acceptors (Lipinski definition) is 2. The van der Waals surface area contributed by atoms with Gasteiger partial charge in [0.15, 0.2) is 0 Å². The molecule has 200 valence electrons. The van der Waals surface area contributed by atoms with Crippen LogP contribution in [0.2, 0.25) is 0 Å². The van der Waals surface area contributed by atoms with Gasteiger partial charge in [-0.1, -0.05) is 36.4 Å². The third-order valence-electron chi connectivity index (χ3n) is 6.21. The second kappa shape index (κ2) is 15.7. The zero-order valence-corrected chi connectivity index (χ0v) is 24.0. The second-order valence-electron chi connectivity index (χ2n) is 12.0. The van der Waals surface area contributed by atoms with Crippen LogP contribution in [-0.2, 0) is 0 Å². The summed E-state index contributed by atoms with van der Waals surface area (Å²) in [6, 6.07) is 16.7. The Bertz CT molecular complexity index is 786. The smallest absolute Gasteiger partial charge is 0.119 e. The van der Waals surface area contributed by atoms with Crippen LogP contribution >= 0.6 is 0 Å². The molecular weight excluding hydrogens is 444 g/mol. The summed E-state index contributed by atoms with van der Waals surface area (Å²) < 4.78 is 13.9. The predicted molar refractivity (Wildman–Crippen MR) is 156 cm³/mol. The highest BCUT2D eigenvalue weighted by molar-refractivity contribution is 5.70. The molecule has 0 radical (unpaired) electrons. The van der Waals surface area contributed by atoms with Crippen LogP contribution in [0.5, 0.6) is 11.5 Å². The molecular formula is C32H52N2O2+2. The lowest BCUT2D eigenvalue weighted by molar-refractivity contribution is -0.870. The van der Waals surface area contributed by atoms with Gasteiger partial charge in [0.2, 0.25) is 0 Å². The molecule has 0 N–H and O–H groups in total. The molecule has 2 rings (SSSR count). The largest absolute Gasteiger partial charge is 0.494 e. The number of quaternary nitrogens is 2. The quantitative estimate of drug-likeness (QED) is 0.124. The second-order valence-corrected chi connectivity index (χ2v) is 12.0. The third-order valence-corrected chi connectivity index (χ3v) is 6.21. The van der Waals surface area contributed by atoms with Crippen LogP contribution in [0.4, 0.5) is 0 Å². The van der Waals surface area contributed by atoms with Gasteiger partial charge in [0, 0.05) is 0 Å². The fourth-order valence-corrected chi connectivity index (χ4v) is 4.01. The molecule has 2 aromatic rings. The molecule has 0 aliphatic rings. The summed E-state index contributed by atoms with van der Waals surface area (Å²) in [6.07, 6.45) is 14.2. The highest BCUT2D eigenvalue weighted by atomic mass is 16.5. The van der Waals surface area contributed by atoms with E-state index in [1.165, 1.54) is 62.7 Å². The number of unbranched alkanes of at least 4 members (excludes halogenated alkanes) is 6. The fourth-order valence-electron chi connectivity index (χ4n) is 4.01. The Morgan fingerprint density at radius 1 is 0.472 bits per heavy atom. The Balaban J connectivity index is 1.61. The minimum absolute atomic E-state index is 0.796. The molecule has 2 aromatic carbocycles. The van der Waals surface area contributed by atoms with Crippen molar-refractivity contribution in [2.24, 2.45) is 0 Å². The van der Waals surface area contributed by atoms with E-state index in [0.29, 0.717) is 0 Å². The number of rotatable bonds is 18. The van der Waals surface area contributed by atoms with E-state index in [9.17, 15) is 0 Å². The van der Waals surface area contributed by atoms with Gasteiger partial charge in [0.05, 0.1) is 68.6 Å². The lowest BCUT2D eigenvalue weighted by atomic mass is 10.1. The van der Waals surface area contributed by atoms with Crippen LogP contribution in [0.15, 0.2) is 48.5 Å². The number of nitrogens with zero attached hydrogens (tertiary/aromatic N) is 2. The first-order valence-corrected chi connectivity index (χ1v) is 13.9. The van der Waals surface area contributed by atoms with Crippen LogP contribution < -0.4 is 9.47 Å². The van der Waals surface area contributed by atoms with Gasteiger partial charge in [-0.25, -0.2) is 0 Å². The SMILES string of the molecule is C[N+](C)(C)CCCCCCOc1ccc(/C=C/c2ccc(OCCCCCC[N+](C)(C)C)cc2)cc1. The number of ether oxygens (including phenoxy) is 2. The molecule has 0 bridgehead atoms. The number of benzene rings is 2. The summed E-state index contributed by atoms with van der Waals surface area (Å²) >= 11 is 0.